The molecule has 0 spiro atoms. The molecule has 0 aliphatic heterocycles. The second kappa shape index (κ2) is 6.62. The van der Waals surface area contributed by atoms with E-state index in [0.717, 1.165) is 36.3 Å². The van der Waals surface area contributed by atoms with E-state index >= 15 is 0 Å². The van der Waals surface area contributed by atoms with Crippen molar-refractivity contribution in [3.63, 3.8) is 0 Å². The zero-order valence-corrected chi connectivity index (χ0v) is 12.1. The number of nitrogens with zero attached hydrogens (tertiary/aromatic N) is 3. The number of aromatic nitrogens is 3. The number of pyridine rings is 1. The molecule has 19 heavy (non-hydrogen) atoms. The van der Waals surface area contributed by atoms with Crippen molar-refractivity contribution >= 4 is 11.6 Å². The summed E-state index contributed by atoms with van der Waals surface area (Å²) >= 11 is 6.02. The van der Waals surface area contributed by atoms with E-state index in [-0.39, 0.29) is 0 Å². The normalized spacial score (nSPS) is 10.7. The van der Waals surface area contributed by atoms with E-state index in [1.807, 2.05) is 25.1 Å². The molecule has 0 unspecified atom stereocenters. The van der Waals surface area contributed by atoms with Crippen molar-refractivity contribution in [2.45, 2.75) is 39.5 Å². The first-order chi connectivity index (χ1) is 9.22. The van der Waals surface area contributed by atoms with E-state index in [9.17, 15) is 0 Å². The van der Waals surface area contributed by atoms with Crippen molar-refractivity contribution in [3.8, 4) is 11.5 Å². The molecule has 100 valence electrons. The van der Waals surface area contributed by atoms with Crippen LogP contribution in [-0.4, -0.2) is 15.0 Å². The molecule has 2 heterocycles. The van der Waals surface area contributed by atoms with Crippen LogP contribution in [0.3, 0.4) is 0 Å². The second-order valence-corrected chi connectivity index (χ2v) is 4.86. The molecular formula is C15H18ClN3. The molecule has 0 bridgehead atoms. The van der Waals surface area contributed by atoms with E-state index in [2.05, 4.69) is 21.9 Å². The quantitative estimate of drug-likeness (QED) is 0.771. The zero-order chi connectivity index (χ0) is 13.7. The molecule has 0 fully saturated rings. The Bertz CT molecular complexity index is 555. The van der Waals surface area contributed by atoms with Gasteiger partial charge in [0.2, 0.25) is 0 Å². The molecule has 0 saturated carbocycles. The molecule has 0 aromatic carbocycles. The van der Waals surface area contributed by atoms with Gasteiger partial charge in [-0.15, -0.1) is 0 Å². The van der Waals surface area contributed by atoms with Crippen LogP contribution in [0.4, 0.5) is 0 Å². The lowest BCUT2D eigenvalue weighted by Gasteiger charge is -2.05. The smallest absolute Gasteiger partial charge is 0.179 e. The predicted octanol–water partition coefficient (Wildman–Crippen LogP) is 4.10. The van der Waals surface area contributed by atoms with Crippen molar-refractivity contribution in [3.05, 3.63) is 40.8 Å². The Morgan fingerprint density at radius 1 is 1.05 bits per heavy atom. The zero-order valence-electron chi connectivity index (χ0n) is 11.4. The summed E-state index contributed by atoms with van der Waals surface area (Å²) in [5.41, 5.74) is 2.82. The van der Waals surface area contributed by atoms with Gasteiger partial charge in [0, 0.05) is 11.4 Å². The van der Waals surface area contributed by atoms with Crippen LogP contribution in [0.25, 0.3) is 11.5 Å². The van der Waals surface area contributed by atoms with Crippen molar-refractivity contribution in [2.24, 2.45) is 0 Å². The van der Waals surface area contributed by atoms with Crippen molar-refractivity contribution in [1.29, 1.82) is 0 Å². The molecule has 2 aromatic heterocycles. The summed E-state index contributed by atoms with van der Waals surface area (Å²) in [4.78, 5) is 13.4. The summed E-state index contributed by atoms with van der Waals surface area (Å²) in [7, 11) is 0. The fourth-order valence-corrected chi connectivity index (χ4v) is 2.07. The minimum atomic E-state index is 0.475. The second-order valence-electron chi connectivity index (χ2n) is 4.48. The highest BCUT2D eigenvalue weighted by molar-refractivity contribution is 6.29. The van der Waals surface area contributed by atoms with Gasteiger partial charge in [-0.2, -0.15) is 0 Å². The molecule has 0 radical (unpaired) electrons. The first kappa shape index (κ1) is 13.9. The maximum atomic E-state index is 6.02. The van der Waals surface area contributed by atoms with Crippen LogP contribution in [-0.2, 0) is 12.8 Å². The van der Waals surface area contributed by atoms with Crippen LogP contribution in [0.15, 0.2) is 24.3 Å². The third-order valence-corrected chi connectivity index (χ3v) is 3.13. The number of halogens is 1. The SMILES string of the molecule is CCCCc1cccc(-c2nc(Cl)cc(CC)n2)n1. The van der Waals surface area contributed by atoms with Crippen LogP contribution in [0, 0.1) is 0 Å². The summed E-state index contributed by atoms with van der Waals surface area (Å²) in [6.07, 6.45) is 4.14. The first-order valence-electron chi connectivity index (χ1n) is 6.72. The standard InChI is InChI=1S/C15H18ClN3/c1-3-5-7-12-8-6-9-13(17-12)15-18-11(4-2)10-14(16)19-15/h6,8-10H,3-5,7H2,1-2H3. The van der Waals surface area contributed by atoms with E-state index in [0.29, 0.717) is 11.0 Å². The molecule has 2 aromatic rings. The maximum absolute atomic E-state index is 6.02. The first-order valence-corrected chi connectivity index (χ1v) is 7.10. The lowest BCUT2D eigenvalue weighted by atomic mass is 10.2. The van der Waals surface area contributed by atoms with Crippen LogP contribution in [0.5, 0.6) is 0 Å². The third-order valence-electron chi connectivity index (χ3n) is 2.93. The number of rotatable bonds is 5. The molecular weight excluding hydrogens is 258 g/mol. The average molecular weight is 276 g/mol. The van der Waals surface area contributed by atoms with Crippen LogP contribution in [0.2, 0.25) is 5.15 Å². The van der Waals surface area contributed by atoms with Crippen LogP contribution < -0.4 is 0 Å². The van der Waals surface area contributed by atoms with Gasteiger partial charge in [-0.1, -0.05) is 37.9 Å². The Labute approximate surface area is 119 Å². The molecule has 0 amide bonds. The number of aryl methyl sites for hydroxylation is 2. The Hall–Kier alpha value is -1.48. The van der Waals surface area contributed by atoms with Gasteiger partial charge in [0.25, 0.3) is 0 Å². The molecule has 2 rings (SSSR count). The lowest BCUT2D eigenvalue weighted by molar-refractivity contribution is 0.777. The van der Waals surface area contributed by atoms with E-state index in [4.69, 9.17) is 11.6 Å². The van der Waals surface area contributed by atoms with Gasteiger partial charge in [-0.3, -0.25) is 0 Å². The molecule has 0 saturated heterocycles. The van der Waals surface area contributed by atoms with Crippen LogP contribution in [0.1, 0.15) is 38.1 Å². The monoisotopic (exact) mass is 275 g/mol. The molecule has 4 heteroatoms. The summed E-state index contributed by atoms with van der Waals surface area (Å²) in [5.74, 6) is 0.614. The Morgan fingerprint density at radius 2 is 1.89 bits per heavy atom. The molecule has 0 aliphatic carbocycles. The average Bonchev–Trinajstić information content (AvgIpc) is 2.44. The van der Waals surface area contributed by atoms with Gasteiger partial charge in [0.1, 0.15) is 10.8 Å². The molecule has 3 nitrogen and oxygen atoms in total. The van der Waals surface area contributed by atoms with Crippen LogP contribution >= 0.6 is 11.6 Å². The van der Waals surface area contributed by atoms with Gasteiger partial charge in [0.15, 0.2) is 5.82 Å². The van der Waals surface area contributed by atoms with Gasteiger partial charge in [-0.25, -0.2) is 15.0 Å². The highest BCUT2D eigenvalue weighted by atomic mass is 35.5. The molecule has 0 aliphatic rings. The summed E-state index contributed by atoms with van der Waals surface area (Å²) in [6.45, 7) is 4.23. The minimum Gasteiger partial charge on any atom is -0.249 e. The maximum Gasteiger partial charge on any atom is 0.179 e. The van der Waals surface area contributed by atoms with E-state index < -0.39 is 0 Å². The minimum absolute atomic E-state index is 0.475. The Balaban J connectivity index is 2.32. The number of unbranched alkanes of at least 4 members (excludes halogenated alkanes) is 1. The van der Waals surface area contributed by atoms with Gasteiger partial charge in [0.05, 0.1) is 0 Å². The summed E-state index contributed by atoms with van der Waals surface area (Å²) < 4.78 is 0. The van der Waals surface area contributed by atoms with E-state index in [1.165, 1.54) is 6.42 Å². The molecule has 0 atom stereocenters. The number of hydrogen-bond acceptors (Lipinski definition) is 3. The lowest BCUT2D eigenvalue weighted by Crippen LogP contribution is -1.98. The fraction of sp³-hybridized carbons (Fsp3) is 0.400. The highest BCUT2D eigenvalue weighted by Crippen LogP contribution is 2.17. The van der Waals surface area contributed by atoms with Crippen molar-refractivity contribution in [2.75, 3.05) is 0 Å². The molecule has 0 N–H and O–H groups in total. The van der Waals surface area contributed by atoms with Gasteiger partial charge in [-0.05, 0) is 37.5 Å². The topological polar surface area (TPSA) is 38.7 Å². The summed E-state index contributed by atoms with van der Waals surface area (Å²) in [6, 6.07) is 7.78. The predicted molar refractivity (Wildman–Crippen MR) is 78.3 cm³/mol. The number of hydrogen-bond donors (Lipinski definition) is 0. The van der Waals surface area contributed by atoms with Gasteiger partial charge < -0.3 is 0 Å². The van der Waals surface area contributed by atoms with Crippen molar-refractivity contribution < 1.29 is 0 Å². The van der Waals surface area contributed by atoms with Gasteiger partial charge >= 0.3 is 0 Å². The summed E-state index contributed by atoms with van der Waals surface area (Å²) in [5, 5.41) is 0.475. The van der Waals surface area contributed by atoms with Crippen molar-refractivity contribution in [1.82, 2.24) is 15.0 Å². The fourth-order valence-electron chi connectivity index (χ4n) is 1.86. The Kier molecular flexibility index (Phi) is 4.86. The van der Waals surface area contributed by atoms with E-state index in [1.54, 1.807) is 6.07 Å². The Morgan fingerprint density at radius 3 is 2.63 bits per heavy atom. The largest absolute Gasteiger partial charge is 0.249 e. The third kappa shape index (κ3) is 3.74. The highest BCUT2D eigenvalue weighted by Gasteiger charge is 2.07.